The molecule has 7 nitrogen and oxygen atoms in total. The van der Waals surface area contributed by atoms with E-state index in [1.165, 1.54) is 0 Å². The molecule has 7 heteroatoms. The normalized spacial score (nSPS) is 16.9. The second-order valence-electron chi connectivity index (χ2n) is 6.90. The summed E-state index contributed by atoms with van der Waals surface area (Å²) in [6.45, 7) is 3.20. The Morgan fingerprint density at radius 3 is 2.59 bits per heavy atom. The van der Waals surface area contributed by atoms with E-state index < -0.39 is 0 Å². The molecule has 0 aliphatic carbocycles. The Morgan fingerprint density at radius 2 is 1.83 bits per heavy atom. The van der Waals surface area contributed by atoms with Gasteiger partial charge in [-0.1, -0.05) is 24.3 Å². The Kier molecular flexibility index (Phi) is 7.32. The lowest BCUT2D eigenvalue weighted by Crippen LogP contribution is -2.49. The number of carbonyl (C=O) groups is 1. The number of benzene rings is 2. The average Bonchev–Trinajstić information content (AvgIpc) is 2.77. The number of para-hydroxylation sites is 1. The third-order valence-electron chi connectivity index (χ3n) is 5.14. The molecule has 1 saturated heterocycles. The van der Waals surface area contributed by atoms with E-state index in [2.05, 4.69) is 21.6 Å². The van der Waals surface area contributed by atoms with Gasteiger partial charge in [0.2, 0.25) is 5.91 Å². The first-order chi connectivity index (χ1) is 14.2. The first kappa shape index (κ1) is 21.0. The van der Waals surface area contributed by atoms with E-state index >= 15 is 0 Å². The number of rotatable bonds is 8. The van der Waals surface area contributed by atoms with E-state index in [4.69, 9.17) is 14.2 Å². The van der Waals surface area contributed by atoms with Crippen molar-refractivity contribution in [3.63, 3.8) is 0 Å². The van der Waals surface area contributed by atoms with Crippen LogP contribution in [-0.2, 0) is 11.3 Å². The number of ether oxygens (including phenoxy) is 3. The number of hydrogen-bond acceptors (Lipinski definition) is 6. The van der Waals surface area contributed by atoms with Gasteiger partial charge in [0.05, 0.1) is 33.9 Å². The van der Waals surface area contributed by atoms with Gasteiger partial charge in [-0.25, -0.2) is 0 Å². The van der Waals surface area contributed by atoms with Crippen molar-refractivity contribution in [1.29, 1.82) is 0 Å². The van der Waals surface area contributed by atoms with Gasteiger partial charge >= 0.3 is 0 Å². The number of hydrogen-bond donors (Lipinski definition) is 2. The van der Waals surface area contributed by atoms with Gasteiger partial charge in [0.1, 0.15) is 5.75 Å². The molecular weight excluding hydrogens is 370 g/mol. The van der Waals surface area contributed by atoms with Crippen LogP contribution in [0.3, 0.4) is 0 Å². The van der Waals surface area contributed by atoms with Crippen LogP contribution in [0, 0.1) is 0 Å². The molecule has 2 aromatic rings. The van der Waals surface area contributed by atoms with Crippen LogP contribution in [0.15, 0.2) is 42.5 Å². The summed E-state index contributed by atoms with van der Waals surface area (Å²) < 4.78 is 16.1. The maximum atomic E-state index is 12.6. The van der Waals surface area contributed by atoms with Gasteiger partial charge in [0.25, 0.3) is 0 Å². The molecule has 156 valence electrons. The van der Waals surface area contributed by atoms with Gasteiger partial charge in [-0.2, -0.15) is 0 Å². The summed E-state index contributed by atoms with van der Waals surface area (Å²) in [7, 11) is 4.88. The van der Waals surface area contributed by atoms with Gasteiger partial charge in [-0.15, -0.1) is 0 Å². The van der Waals surface area contributed by atoms with Crippen LogP contribution >= 0.6 is 0 Å². The highest BCUT2D eigenvalue weighted by atomic mass is 16.5. The molecule has 0 saturated carbocycles. The molecule has 1 aliphatic heterocycles. The topological polar surface area (TPSA) is 72.1 Å². The smallest absolute Gasteiger partial charge is 0.234 e. The van der Waals surface area contributed by atoms with Crippen LogP contribution in [-0.4, -0.2) is 58.3 Å². The van der Waals surface area contributed by atoms with Crippen molar-refractivity contribution >= 4 is 5.91 Å². The fourth-order valence-electron chi connectivity index (χ4n) is 3.62. The molecule has 0 aromatic heterocycles. The summed E-state index contributed by atoms with van der Waals surface area (Å²) in [4.78, 5) is 14.8. The van der Waals surface area contributed by atoms with Crippen LogP contribution in [0.2, 0.25) is 0 Å². The Morgan fingerprint density at radius 1 is 1.07 bits per heavy atom. The van der Waals surface area contributed by atoms with Gasteiger partial charge < -0.3 is 24.8 Å². The minimum absolute atomic E-state index is 0.0124. The zero-order valence-corrected chi connectivity index (χ0v) is 17.2. The predicted octanol–water partition coefficient (Wildman–Crippen LogP) is 1.98. The van der Waals surface area contributed by atoms with Gasteiger partial charge in [-0.05, 0) is 23.8 Å². The molecule has 0 radical (unpaired) electrons. The second kappa shape index (κ2) is 10.1. The summed E-state index contributed by atoms with van der Waals surface area (Å²) >= 11 is 0. The Labute approximate surface area is 171 Å². The van der Waals surface area contributed by atoms with E-state index in [0.717, 1.165) is 36.5 Å². The van der Waals surface area contributed by atoms with Gasteiger partial charge in [0.15, 0.2) is 11.5 Å². The van der Waals surface area contributed by atoms with Crippen molar-refractivity contribution < 1.29 is 19.0 Å². The van der Waals surface area contributed by atoms with Crippen molar-refractivity contribution in [2.45, 2.75) is 12.6 Å². The van der Waals surface area contributed by atoms with E-state index in [9.17, 15) is 4.79 Å². The molecule has 1 amide bonds. The SMILES string of the molecule is COc1ccc(CNC(=O)CN2CCNCC2c2ccccc2OC)cc1OC. The second-order valence-corrected chi connectivity index (χ2v) is 6.90. The Bertz CT molecular complexity index is 827. The minimum Gasteiger partial charge on any atom is -0.496 e. The van der Waals surface area contributed by atoms with Crippen molar-refractivity contribution in [3.05, 3.63) is 53.6 Å². The largest absolute Gasteiger partial charge is 0.496 e. The lowest BCUT2D eigenvalue weighted by molar-refractivity contribution is -0.123. The molecule has 1 aliphatic rings. The molecule has 1 unspecified atom stereocenters. The highest BCUT2D eigenvalue weighted by Gasteiger charge is 2.27. The summed E-state index contributed by atoms with van der Waals surface area (Å²) in [6.07, 6.45) is 0. The van der Waals surface area contributed by atoms with Crippen molar-refractivity contribution in [1.82, 2.24) is 15.5 Å². The minimum atomic E-state index is -0.0124. The van der Waals surface area contributed by atoms with Crippen LogP contribution in [0.4, 0.5) is 0 Å². The molecule has 2 aromatic carbocycles. The lowest BCUT2D eigenvalue weighted by Gasteiger charge is -2.36. The summed E-state index contributed by atoms with van der Waals surface area (Å²) in [5.74, 6) is 2.15. The quantitative estimate of drug-likeness (QED) is 0.707. The monoisotopic (exact) mass is 399 g/mol. The number of nitrogens with zero attached hydrogens (tertiary/aromatic N) is 1. The van der Waals surface area contributed by atoms with Crippen molar-refractivity contribution in [3.8, 4) is 17.2 Å². The summed E-state index contributed by atoms with van der Waals surface area (Å²) in [6, 6.07) is 13.7. The van der Waals surface area contributed by atoms with Crippen LogP contribution in [0.1, 0.15) is 17.2 Å². The van der Waals surface area contributed by atoms with Gasteiger partial charge in [-0.3, -0.25) is 9.69 Å². The third kappa shape index (κ3) is 5.19. The zero-order chi connectivity index (χ0) is 20.6. The number of methoxy groups -OCH3 is 3. The van der Waals surface area contributed by atoms with E-state index in [0.29, 0.717) is 24.6 Å². The summed E-state index contributed by atoms with van der Waals surface area (Å²) in [5.41, 5.74) is 2.05. The number of amides is 1. The predicted molar refractivity (Wildman–Crippen MR) is 112 cm³/mol. The first-order valence-electron chi connectivity index (χ1n) is 9.71. The number of piperazine rings is 1. The molecule has 29 heavy (non-hydrogen) atoms. The van der Waals surface area contributed by atoms with Crippen molar-refractivity contribution in [2.75, 3.05) is 47.5 Å². The van der Waals surface area contributed by atoms with Crippen LogP contribution in [0.25, 0.3) is 0 Å². The Balaban J connectivity index is 1.63. The average molecular weight is 399 g/mol. The molecule has 0 spiro atoms. The summed E-state index contributed by atoms with van der Waals surface area (Å²) in [5, 5.41) is 6.42. The Hall–Kier alpha value is -2.77. The lowest BCUT2D eigenvalue weighted by atomic mass is 10.0. The number of carbonyl (C=O) groups excluding carboxylic acids is 1. The molecule has 0 bridgehead atoms. The number of nitrogens with one attached hydrogen (secondary N) is 2. The van der Waals surface area contributed by atoms with Crippen molar-refractivity contribution in [2.24, 2.45) is 0 Å². The van der Waals surface area contributed by atoms with E-state index in [1.54, 1.807) is 21.3 Å². The fourth-order valence-corrected chi connectivity index (χ4v) is 3.62. The molecular formula is C22H29N3O4. The third-order valence-corrected chi connectivity index (χ3v) is 5.14. The molecule has 1 atom stereocenters. The van der Waals surface area contributed by atoms with E-state index in [-0.39, 0.29) is 11.9 Å². The molecule has 3 rings (SSSR count). The molecule has 1 fully saturated rings. The van der Waals surface area contributed by atoms with Crippen LogP contribution < -0.4 is 24.8 Å². The maximum absolute atomic E-state index is 12.6. The van der Waals surface area contributed by atoms with Crippen LogP contribution in [0.5, 0.6) is 17.2 Å². The van der Waals surface area contributed by atoms with Gasteiger partial charge in [0, 0.05) is 31.7 Å². The molecule has 2 N–H and O–H groups in total. The maximum Gasteiger partial charge on any atom is 0.234 e. The highest BCUT2D eigenvalue weighted by molar-refractivity contribution is 5.78. The fraction of sp³-hybridized carbons (Fsp3) is 0.409. The molecule has 1 heterocycles. The van der Waals surface area contributed by atoms with E-state index in [1.807, 2.05) is 36.4 Å². The standard InChI is InChI=1S/C22H29N3O4/c1-27-19-7-5-4-6-17(19)18-14-23-10-11-25(18)15-22(26)24-13-16-8-9-20(28-2)21(12-16)29-3/h4-9,12,18,23H,10-11,13-15H2,1-3H3,(H,24,26). The highest BCUT2D eigenvalue weighted by Crippen LogP contribution is 2.30. The zero-order valence-electron chi connectivity index (χ0n) is 17.2. The first-order valence-corrected chi connectivity index (χ1v) is 9.71.